The van der Waals surface area contributed by atoms with Crippen LogP contribution >= 0.6 is 0 Å². The molecule has 1 aliphatic heterocycles. The van der Waals surface area contributed by atoms with Crippen LogP contribution < -0.4 is 10.1 Å². The van der Waals surface area contributed by atoms with Crippen LogP contribution in [0, 0.1) is 0 Å². The predicted molar refractivity (Wildman–Crippen MR) is 80.5 cm³/mol. The second-order valence-corrected chi connectivity index (χ2v) is 5.36. The van der Waals surface area contributed by atoms with Crippen molar-refractivity contribution >= 4 is 11.6 Å². The van der Waals surface area contributed by atoms with Crippen molar-refractivity contribution in [2.75, 3.05) is 31.6 Å². The number of anilines is 1. The molecule has 1 N–H and O–H groups in total. The van der Waals surface area contributed by atoms with Gasteiger partial charge in [-0.2, -0.15) is 0 Å². The molecule has 116 valence electrons. The van der Waals surface area contributed by atoms with E-state index in [0.29, 0.717) is 32.2 Å². The summed E-state index contributed by atoms with van der Waals surface area (Å²) in [5, 5.41) is 3.17. The highest BCUT2D eigenvalue weighted by atomic mass is 16.5. The minimum Gasteiger partial charge on any atom is -0.475 e. The van der Waals surface area contributed by atoms with Gasteiger partial charge >= 0.3 is 0 Å². The molecule has 0 bridgehead atoms. The van der Waals surface area contributed by atoms with Crippen molar-refractivity contribution in [1.82, 2.24) is 9.88 Å². The number of ether oxygens (including phenoxy) is 2. The molecule has 6 nitrogen and oxygen atoms in total. The molecule has 1 unspecified atom stereocenters. The predicted octanol–water partition coefficient (Wildman–Crippen LogP) is 1.53. The van der Waals surface area contributed by atoms with E-state index in [1.165, 1.54) is 0 Å². The van der Waals surface area contributed by atoms with Crippen LogP contribution in [0.25, 0.3) is 0 Å². The number of hydrogen-bond donors (Lipinski definition) is 1. The number of hydrogen-bond acceptors (Lipinski definition) is 5. The molecule has 1 aromatic rings. The molecule has 1 saturated heterocycles. The van der Waals surface area contributed by atoms with Gasteiger partial charge in [0.05, 0.1) is 31.2 Å². The fraction of sp³-hybridized carbons (Fsp3) is 0.600. The lowest BCUT2D eigenvalue weighted by Gasteiger charge is -2.29. The number of nitrogens with one attached hydrogen (secondary N) is 1. The van der Waals surface area contributed by atoms with Gasteiger partial charge in [0.25, 0.3) is 0 Å². The molecule has 1 fully saturated rings. The number of nitrogens with zero attached hydrogens (tertiary/aromatic N) is 2. The number of morpholine rings is 1. The first-order valence-corrected chi connectivity index (χ1v) is 7.32. The van der Waals surface area contributed by atoms with Gasteiger partial charge in [-0.25, -0.2) is 4.98 Å². The maximum atomic E-state index is 12.3. The van der Waals surface area contributed by atoms with Crippen LogP contribution in [0.1, 0.15) is 20.8 Å². The molecule has 2 rings (SSSR count). The molecule has 21 heavy (non-hydrogen) atoms. The summed E-state index contributed by atoms with van der Waals surface area (Å²) < 4.78 is 10.7. The average molecular weight is 293 g/mol. The third-order valence-electron chi connectivity index (χ3n) is 3.17. The first kappa shape index (κ1) is 15.6. The Labute approximate surface area is 125 Å². The lowest BCUT2D eigenvalue weighted by Crippen LogP contribution is -2.47. The van der Waals surface area contributed by atoms with Gasteiger partial charge in [-0.3, -0.25) is 4.79 Å². The second kappa shape index (κ2) is 7.26. The Balaban J connectivity index is 1.89. The molecule has 1 atom stereocenters. The Kier molecular flexibility index (Phi) is 5.38. The quantitative estimate of drug-likeness (QED) is 0.892. The first-order valence-electron chi connectivity index (χ1n) is 7.32. The Morgan fingerprint density at radius 3 is 2.62 bits per heavy atom. The van der Waals surface area contributed by atoms with Crippen LogP contribution in [0.4, 0.5) is 5.69 Å². The van der Waals surface area contributed by atoms with Gasteiger partial charge < -0.3 is 19.7 Å². The minimum absolute atomic E-state index is 0.0841. The highest BCUT2D eigenvalue weighted by molar-refractivity contribution is 5.84. The molecular formula is C15H23N3O3. The zero-order chi connectivity index (χ0) is 15.2. The van der Waals surface area contributed by atoms with E-state index >= 15 is 0 Å². The molecule has 2 heterocycles. The van der Waals surface area contributed by atoms with Crippen molar-refractivity contribution < 1.29 is 14.3 Å². The molecule has 1 aromatic heterocycles. The van der Waals surface area contributed by atoms with E-state index in [2.05, 4.69) is 10.3 Å². The standard InChI is InChI=1S/C15H23N3O3/c1-11(2)21-14-5-4-13(10-16-14)17-12(3)15(19)18-6-8-20-9-7-18/h4-5,10-12,17H,6-9H2,1-3H3. The third kappa shape index (κ3) is 4.60. The van der Waals surface area contributed by atoms with E-state index in [9.17, 15) is 4.79 Å². The number of amides is 1. The molecule has 1 aliphatic rings. The maximum absolute atomic E-state index is 12.3. The van der Waals surface area contributed by atoms with Crippen molar-refractivity contribution in [2.45, 2.75) is 32.9 Å². The Bertz CT molecular complexity index is 456. The third-order valence-corrected chi connectivity index (χ3v) is 3.17. The van der Waals surface area contributed by atoms with E-state index in [1.807, 2.05) is 31.7 Å². The first-order chi connectivity index (χ1) is 10.1. The van der Waals surface area contributed by atoms with Crippen LogP contribution in [0.5, 0.6) is 5.88 Å². The van der Waals surface area contributed by atoms with E-state index in [0.717, 1.165) is 5.69 Å². The summed E-state index contributed by atoms with van der Waals surface area (Å²) in [6.45, 7) is 8.31. The van der Waals surface area contributed by atoms with Crippen molar-refractivity contribution in [3.8, 4) is 5.88 Å². The summed E-state index contributed by atoms with van der Waals surface area (Å²) >= 11 is 0. The molecule has 0 spiro atoms. The van der Waals surface area contributed by atoms with Crippen molar-refractivity contribution in [1.29, 1.82) is 0 Å². The van der Waals surface area contributed by atoms with Gasteiger partial charge in [0.15, 0.2) is 0 Å². The molecule has 6 heteroatoms. The molecular weight excluding hydrogens is 270 g/mol. The number of rotatable bonds is 5. The fourth-order valence-electron chi connectivity index (χ4n) is 2.15. The zero-order valence-electron chi connectivity index (χ0n) is 12.8. The van der Waals surface area contributed by atoms with E-state index in [1.54, 1.807) is 12.3 Å². The van der Waals surface area contributed by atoms with Gasteiger partial charge in [-0.15, -0.1) is 0 Å². The number of pyridine rings is 1. The van der Waals surface area contributed by atoms with Crippen molar-refractivity contribution in [3.05, 3.63) is 18.3 Å². The van der Waals surface area contributed by atoms with E-state index < -0.39 is 0 Å². The van der Waals surface area contributed by atoms with E-state index in [4.69, 9.17) is 9.47 Å². The molecule has 0 saturated carbocycles. The summed E-state index contributed by atoms with van der Waals surface area (Å²) in [7, 11) is 0. The second-order valence-electron chi connectivity index (χ2n) is 5.36. The Morgan fingerprint density at radius 1 is 1.33 bits per heavy atom. The Hall–Kier alpha value is -1.82. The van der Waals surface area contributed by atoms with Gasteiger partial charge in [-0.05, 0) is 26.8 Å². The van der Waals surface area contributed by atoms with Crippen molar-refractivity contribution in [3.63, 3.8) is 0 Å². The Morgan fingerprint density at radius 2 is 2.05 bits per heavy atom. The van der Waals surface area contributed by atoms with Crippen LogP contribution in [0.15, 0.2) is 18.3 Å². The highest BCUT2D eigenvalue weighted by Gasteiger charge is 2.22. The highest BCUT2D eigenvalue weighted by Crippen LogP contribution is 2.14. The van der Waals surface area contributed by atoms with E-state index in [-0.39, 0.29) is 18.1 Å². The molecule has 0 radical (unpaired) electrons. The van der Waals surface area contributed by atoms with Crippen LogP contribution in [0.2, 0.25) is 0 Å². The van der Waals surface area contributed by atoms with Gasteiger partial charge in [0, 0.05) is 19.2 Å². The summed E-state index contributed by atoms with van der Waals surface area (Å²) in [5.41, 5.74) is 0.806. The SMILES string of the molecule is CC(C)Oc1ccc(NC(C)C(=O)N2CCOCC2)cn1. The fourth-order valence-corrected chi connectivity index (χ4v) is 2.15. The van der Waals surface area contributed by atoms with Gasteiger partial charge in [0.2, 0.25) is 11.8 Å². The van der Waals surface area contributed by atoms with Crippen LogP contribution in [0.3, 0.4) is 0 Å². The zero-order valence-corrected chi connectivity index (χ0v) is 12.8. The minimum atomic E-state index is -0.290. The summed E-state index contributed by atoms with van der Waals surface area (Å²) in [6, 6.07) is 3.38. The molecule has 1 amide bonds. The maximum Gasteiger partial charge on any atom is 0.244 e. The van der Waals surface area contributed by atoms with Crippen LogP contribution in [-0.2, 0) is 9.53 Å². The lowest BCUT2D eigenvalue weighted by atomic mass is 10.2. The van der Waals surface area contributed by atoms with Crippen molar-refractivity contribution in [2.24, 2.45) is 0 Å². The topological polar surface area (TPSA) is 63.7 Å². The average Bonchev–Trinajstić information content (AvgIpc) is 2.49. The van der Waals surface area contributed by atoms with Crippen LogP contribution in [-0.4, -0.2) is 54.2 Å². The van der Waals surface area contributed by atoms with Gasteiger partial charge in [-0.1, -0.05) is 0 Å². The lowest BCUT2D eigenvalue weighted by molar-refractivity contribution is -0.135. The summed E-state index contributed by atoms with van der Waals surface area (Å²) in [5.74, 6) is 0.670. The normalized spacial score (nSPS) is 16.7. The summed E-state index contributed by atoms with van der Waals surface area (Å²) in [4.78, 5) is 18.3. The molecule has 0 aromatic carbocycles. The largest absolute Gasteiger partial charge is 0.475 e. The number of carbonyl (C=O) groups excluding carboxylic acids is 1. The monoisotopic (exact) mass is 293 g/mol. The number of aromatic nitrogens is 1. The smallest absolute Gasteiger partial charge is 0.244 e. The molecule has 0 aliphatic carbocycles. The van der Waals surface area contributed by atoms with Gasteiger partial charge in [0.1, 0.15) is 6.04 Å². The number of carbonyl (C=O) groups is 1. The summed E-state index contributed by atoms with van der Waals surface area (Å²) in [6.07, 6.45) is 1.78.